The maximum Gasteiger partial charge on any atom is 0.256 e. The van der Waals surface area contributed by atoms with Crippen molar-refractivity contribution in [3.05, 3.63) is 41.6 Å². The van der Waals surface area contributed by atoms with Crippen molar-refractivity contribution in [2.45, 2.75) is 13.3 Å². The lowest BCUT2D eigenvalue weighted by molar-refractivity contribution is 0.0952. The third kappa shape index (κ3) is 3.50. The molecule has 0 spiro atoms. The van der Waals surface area contributed by atoms with Crippen molar-refractivity contribution >= 4 is 11.7 Å². The molecule has 1 aromatic carbocycles. The number of amides is 1. The van der Waals surface area contributed by atoms with Gasteiger partial charge in [-0.05, 0) is 25.5 Å². The number of nitrogens with zero attached hydrogens (tertiary/aromatic N) is 1. The molecule has 0 bridgehead atoms. The van der Waals surface area contributed by atoms with E-state index in [4.69, 9.17) is 10.5 Å². The molecule has 6 nitrogen and oxygen atoms in total. The van der Waals surface area contributed by atoms with Gasteiger partial charge in [0, 0.05) is 12.2 Å². The van der Waals surface area contributed by atoms with Gasteiger partial charge in [0.05, 0.1) is 6.61 Å². The predicted molar refractivity (Wildman–Crippen MR) is 76.6 cm³/mol. The van der Waals surface area contributed by atoms with Crippen molar-refractivity contribution in [3.63, 3.8) is 0 Å². The molecule has 1 aromatic heterocycles. The van der Waals surface area contributed by atoms with E-state index in [0.29, 0.717) is 24.4 Å². The molecule has 0 aliphatic carbocycles. The summed E-state index contributed by atoms with van der Waals surface area (Å²) in [5, 5.41) is 9.26. The van der Waals surface area contributed by atoms with Gasteiger partial charge in [-0.2, -0.15) is 5.10 Å². The van der Waals surface area contributed by atoms with Gasteiger partial charge in [-0.25, -0.2) is 0 Å². The minimum absolute atomic E-state index is 0.214. The first-order valence-electron chi connectivity index (χ1n) is 6.45. The Morgan fingerprint density at radius 2 is 2.15 bits per heavy atom. The van der Waals surface area contributed by atoms with Crippen LogP contribution in [0, 0.1) is 6.92 Å². The Morgan fingerprint density at radius 1 is 1.40 bits per heavy atom. The maximum atomic E-state index is 11.9. The monoisotopic (exact) mass is 274 g/mol. The minimum atomic E-state index is -0.214. The smallest absolute Gasteiger partial charge is 0.256 e. The van der Waals surface area contributed by atoms with E-state index < -0.39 is 0 Å². The highest BCUT2D eigenvalue weighted by molar-refractivity contribution is 5.99. The number of carbonyl (C=O) groups is 1. The summed E-state index contributed by atoms with van der Waals surface area (Å²) >= 11 is 0. The zero-order chi connectivity index (χ0) is 14.4. The molecular weight excluding hydrogens is 256 g/mol. The number of nitrogens with two attached hydrogens (primary N) is 1. The van der Waals surface area contributed by atoms with Gasteiger partial charge in [-0.1, -0.05) is 18.2 Å². The van der Waals surface area contributed by atoms with Crippen molar-refractivity contribution in [3.8, 4) is 5.75 Å². The van der Waals surface area contributed by atoms with Gasteiger partial charge in [0.15, 0.2) is 5.82 Å². The fourth-order valence-electron chi connectivity index (χ4n) is 1.80. The molecule has 2 rings (SSSR count). The molecule has 0 radical (unpaired) electrons. The third-order valence-corrected chi connectivity index (χ3v) is 2.82. The van der Waals surface area contributed by atoms with E-state index in [1.165, 1.54) is 0 Å². The molecule has 2 aromatic rings. The van der Waals surface area contributed by atoms with E-state index >= 15 is 0 Å². The van der Waals surface area contributed by atoms with Crippen LogP contribution < -0.4 is 15.8 Å². The number of carbonyl (C=O) groups excluding carboxylic acids is 1. The molecule has 6 heteroatoms. The third-order valence-electron chi connectivity index (χ3n) is 2.82. The maximum absolute atomic E-state index is 11.9. The number of aromatic nitrogens is 2. The van der Waals surface area contributed by atoms with Crippen LogP contribution in [0.25, 0.3) is 0 Å². The first-order chi connectivity index (χ1) is 9.68. The van der Waals surface area contributed by atoms with Gasteiger partial charge in [0.2, 0.25) is 0 Å². The summed E-state index contributed by atoms with van der Waals surface area (Å²) in [5.74, 6) is 0.836. The van der Waals surface area contributed by atoms with Crippen LogP contribution in [-0.4, -0.2) is 29.3 Å². The highest BCUT2D eigenvalue weighted by Gasteiger charge is 2.15. The zero-order valence-electron chi connectivity index (χ0n) is 11.3. The highest BCUT2D eigenvalue weighted by Crippen LogP contribution is 2.11. The molecule has 106 valence electrons. The normalized spacial score (nSPS) is 10.2. The average Bonchev–Trinajstić information content (AvgIpc) is 2.79. The number of anilines is 1. The predicted octanol–water partition coefficient (Wildman–Crippen LogP) is 1.50. The number of rotatable bonds is 6. The first-order valence-corrected chi connectivity index (χ1v) is 6.45. The van der Waals surface area contributed by atoms with Crippen LogP contribution in [0.1, 0.15) is 22.5 Å². The molecule has 4 N–H and O–H groups in total. The van der Waals surface area contributed by atoms with E-state index in [1.807, 2.05) is 30.3 Å². The second-order valence-electron chi connectivity index (χ2n) is 4.38. The molecule has 0 aliphatic rings. The van der Waals surface area contributed by atoms with Gasteiger partial charge in [-0.15, -0.1) is 0 Å². The van der Waals surface area contributed by atoms with Gasteiger partial charge >= 0.3 is 0 Å². The summed E-state index contributed by atoms with van der Waals surface area (Å²) < 4.78 is 5.53. The molecule has 1 amide bonds. The summed E-state index contributed by atoms with van der Waals surface area (Å²) in [5.41, 5.74) is 6.70. The number of hydrogen-bond donors (Lipinski definition) is 3. The van der Waals surface area contributed by atoms with Gasteiger partial charge < -0.3 is 15.8 Å². The quantitative estimate of drug-likeness (QED) is 0.696. The average molecular weight is 274 g/mol. The van der Waals surface area contributed by atoms with Gasteiger partial charge in [0.1, 0.15) is 11.3 Å². The van der Waals surface area contributed by atoms with E-state index in [1.54, 1.807) is 6.92 Å². The Bertz CT molecular complexity index is 546. The van der Waals surface area contributed by atoms with Crippen LogP contribution >= 0.6 is 0 Å². The summed E-state index contributed by atoms with van der Waals surface area (Å²) in [6.45, 7) is 2.83. The Labute approximate surface area is 117 Å². The van der Waals surface area contributed by atoms with Gasteiger partial charge in [-0.3, -0.25) is 9.89 Å². The summed E-state index contributed by atoms with van der Waals surface area (Å²) in [7, 11) is 0. The zero-order valence-corrected chi connectivity index (χ0v) is 11.3. The number of aromatic amines is 1. The van der Waals surface area contributed by atoms with E-state index in [2.05, 4.69) is 15.5 Å². The van der Waals surface area contributed by atoms with Crippen LogP contribution in [0.5, 0.6) is 5.75 Å². The fourth-order valence-corrected chi connectivity index (χ4v) is 1.80. The van der Waals surface area contributed by atoms with Crippen LogP contribution in [0.15, 0.2) is 30.3 Å². The van der Waals surface area contributed by atoms with Crippen LogP contribution in [0.2, 0.25) is 0 Å². The SMILES string of the molecule is Cc1[nH]nc(N)c1C(=O)NCCCOc1ccccc1. The number of ether oxygens (including phenoxy) is 1. The summed E-state index contributed by atoms with van der Waals surface area (Å²) in [4.78, 5) is 11.9. The molecular formula is C14H18N4O2. The number of nitrogen functional groups attached to an aromatic ring is 1. The topological polar surface area (TPSA) is 93.0 Å². The van der Waals surface area contributed by atoms with E-state index in [-0.39, 0.29) is 11.7 Å². The molecule has 0 unspecified atom stereocenters. The van der Waals surface area contributed by atoms with Crippen LogP contribution in [0.4, 0.5) is 5.82 Å². The van der Waals surface area contributed by atoms with Crippen molar-refractivity contribution in [1.29, 1.82) is 0 Å². The number of hydrogen-bond acceptors (Lipinski definition) is 4. The standard InChI is InChI=1S/C14H18N4O2/c1-10-12(13(15)18-17-10)14(19)16-8-5-9-20-11-6-3-2-4-7-11/h2-4,6-7H,5,8-9H2,1H3,(H,16,19)(H3,15,17,18). The highest BCUT2D eigenvalue weighted by atomic mass is 16.5. The van der Waals surface area contributed by atoms with Crippen molar-refractivity contribution in [2.75, 3.05) is 18.9 Å². The Kier molecular flexibility index (Phi) is 4.60. The minimum Gasteiger partial charge on any atom is -0.494 e. The number of benzene rings is 1. The van der Waals surface area contributed by atoms with Crippen LogP contribution in [0.3, 0.4) is 0 Å². The largest absolute Gasteiger partial charge is 0.494 e. The molecule has 1 heterocycles. The lowest BCUT2D eigenvalue weighted by Crippen LogP contribution is -2.26. The fraction of sp³-hybridized carbons (Fsp3) is 0.286. The lowest BCUT2D eigenvalue weighted by Gasteiger charge is -2.07. The lowest BCUT2D eigenvalue weighted by atomic mass is 10.2. The van der Waals surface area contributed by atoms with Crippen molar-refractivity contribution in [1.82, 2.24) is 15.5 Å². The second kappa shape index (κ2) is 6.60. The molecule has 0 saturated carbocycles. The molecule has 0 saturated heterocycles. The number of para-hydroxylation sites is 1. The Hall–Kier alpha value is -2.50. The molecule has 0 atom stereocenters. The van der Waals surface area contributed by atoms with Crippen molar-refractivity contribution < 1.29 is 9.53 Å². The second-order valence-corrected chi connectivity index (χ2v) is 4.38. The Morgan fingerprint density at radius 3 is 2.80 bits per heavy atom. The van der Waals surface area contributed by atoms with E-state index in [0.717, 1.165) is 12.2 Å². The number of nitrogens with one attached hydrogen (secondary N) is 2. The summed E-state index contributed by atoms with van der Waals surface area (Å²) in [6.07, 6.45) is 0.720. The van der Waals surface area contributed by atoms with E-state index in [9.17, 15) is 4.79 Å². The first kappa shape index (κ1) is 13.9. The molecule has 0 aliphatic heterocycles. The van der Waals surface area contributed by atoms with Gasteiger partial charge in [0.25, 0.3) is 5.91 Å². The summed E-state index contributed by atoms with van der Waals surface area (Å²) in [6, 6.07) is 9.57. The molecule has 20 heavy (non-hydrogen) atoms. The number of aryl methyl sites for hydroxylation is 1. The van der Waals surface area contributed by atoms with Crippen molar-refractivity contribution in [2.24, 2.45) is 0 Å². The number of H-pyrrole nitrogens is 1. The van der Waals surface area contributed by atoms with Crippen LogP contribution in [-0.2, 0) is 0 Å². The Balaban J connectivity index is 1.70. The molecule has 0 fully saturated rings.